The Hall–Kier alpha value is -1.31. The van der Waals surface area contributed by atoms with Gasteiger partial charge >= 0.3 is 0 Å². The first kappa shape index (κ1) is 10.8. The highest BCUT2D eigenvalue weighted by Crippen LogP contribution is 2.47. The molecular formula is C15H19NO. The molecule has 1 amide bonds. The molecular weight excluding hydrogens is 210 g/mol. The zero-order valence-corrected chi connectivity index (χ0v) is 10.4. The number of carbonyl (C=O) groups is 1. The lowest BCUT2D eigenvalue weighted by Crippen LogP contribution is -2.66. The highest BCUT2D eigenvalue weighted by Gasteiger charge is 2.58. The van der Waals surface area contributed by atoms with Gasteiger partial charge in [-0.25, -0.2) is 0 Å². The van der Waals surface area contributed by atoms with Crippen molar-refractivity contribution in [2.24, 2.45) is 5.92 Å². The molecule has 2 saturated heterocycles. The summed E-state index contributed by atoms with van der Waals surface area (Å²) in [5.74, 6) is 0.658. The number of fused-ring (bicyclic) bond motifs is 1. The third kappa shape index (κ3) is 1.58. The second kappa shape index (κ2) is 3.86. The maximum absolute atomic E-state index is 12.0. The summed E-state index contributed by atoms with van der Waals surface area (Å²) in [6.07, 6.45) is 4.42. The number of benzene rings is 1. The van der Waals surface area contributed by atoms with Crippen molar-refractivity contribution in [3.63, 3.8) is 0 Å². The SMILES string of the molecule is CC12CCCN1C(=O)C2CCc1ccccc1. The van der Waals surface area contributed by atoms with E-state index < -0.39 is 0 Å². The Labute approximate surface area is 103 Å². The molecule has 0 bridgehead atoms. The lowest BCUT2D eigenvalue weighted by Gasteiger charge is -2.52. The maximum Gasteiger partial charge on any atom is 0.228 e. The van der Waals surface area contributed by atoms with Crippen molar-refractivity contribution in [3.05, 3.63) is 35.9 Å². The Morgan fingerprint density at radius 1 is 1.35 bits per heavy atom. The van der Waals surface area contributed by atoms with Gasteiger partial charge in [-0.05, 0) is 38.2 Å². The number of rotatable bonds is 3. The first-order valence-electron chi connectivity index (χ1n) is 6.57. The molecule has 2 heterocycles. The lowest BCUT2D eigenvalue weighted by molar-refractivity contribution is -0.163. The number of carbonyl (C=O) groups excluding carboxylic acids is 1. The number of nitrogens with zero attached hydrogens (tertiary/aromatic N) is 1. The van der Waals surface area contributed by atoms with Gasteiger partial charge in [0.25, 0.3) is 0 Å². The fraction of sp³-hybridized carbons (Fsp3) is 0.533. The van der Waals surface area contributed by atoms with E-state index in [-0.39, 0.29) is 11.5 Å². The van der Waals surface area contributed by atoms with E-state index in [2.05, 4.69) is 36.1 Å². The molecule has 2 nitrogen and oxygen atoms in total. The van der Waals surface area contributed by atoms with Gasteiger partial charge in [0.15, 0.2) is 0 Å². The van der Waals surface area contributed by atoms with Gasteiger partial charge in [0.1, 0.15) is 0 Å². The van der Waals surface area contributed by atoms with Gasteiger partial charge in [-0.3, -0.25) is 4.79 Å². The van der Waals surface area contributed by atoms with Crippen LogP contribution in [0.4, 0.5) is 0 Å². The standard InChI is InChI=1S/C15H19NO/c1-15-10-5-11-16(15)14(17)13(15)9-8-12-6-3-2-4-7-12/h2-4,6-7,13H,5,8-11H2,1H3. The first-order valence-corrected chi connectivity index (χ1v) is 6.57. The van der Waals surface area contributed by atoms with Gasteiger partial charge in [0.05, 0.1) is 11.5 Å². The van der Waals surface area contributed by atoms with Crippen LogP contribution in [0.5, 0.6) is 0 Å². The number of hydrogen-bond acceptors (Lipinski definition) is 1. The number of β-lactam (4-membered cyclic amide) rings is 1. The average Bonchev–Trinajstić information content (AvgIpc) is 2.69. The highest BCUT2D eigenvalue weighted by molar-refractivity contribution is 5.88. The summed E-state index contributed by atoms with van der Waals surface area (Å²) in [6, 6.07) is 10.5. The molecule has 1 aromatic rings. The minimum Gasteiger partial charge on any atom is -0.336 e. The average molecular weight is 229 g/mol. The fourth-order valence-corrected chi connectivity index (χ4v) is 3.49. The van der Waals surface area contributed by atoms with Crippen molar-refractivity contribution in [2.75, 3.05) is 6.54 Å². The molecule has 0 aromatic heterocycles. The van der Waals surface area contributed by atoms with Crippen LogP contribution in [-0.4, -0.2) is 22.9 Å². The predicted molar refractivity (Wildman–Crippen MR) is 67.6 cm³/mol. The molecule has 0 aliphatic carbocycles. The largest absolute Gasteiger partial charge is 0.336 e. The van der Waals surface area contributed by atoms with Crippen molar-refractivity contribution >= 4 is 5.91 Å². The van der Waals surface area contributed by atoms with Crippen molar-refractivity contribution in [1.82, 2.24) is 4.90 Å². The van der Waals surface area contributed by atoms with Crippen molar-refractivity contribution in [3.8, 4) is 0 Å². The summed E-state index contributed by atoms with van der Waals surface area (Å²) in [4.78, 5) is 14.1. The van der Waals surface area contributed by atoms with Gasteiger partial charge in [0.2, 0.25) is 5.91 Å². The van der Waals surface area contributed by atoms with E-state index >= 15 is 0 Å². The van der Waals surface area contributed by atoms with Crippen LogP contribution < -0.4 is 0 Å². The molecule has 0 saturated carbocycles. The summed E-state index contributed by atoms with van der Waals surface area (Å²) in [5, 5.41) is 0. The minimum absolute atomic E-state index is 0.186. The van der Waals surface area contributed by atoms with Crippen molar-refractivity contribution in [1.29, 1.82) is 0 Å². The monoisotopic (exact) mass is 229 g/mol. The van der Waals surface area contributed by atoms with E-state index in [0.29, 0.717) is 5.91 Å². The molecule has 0 spiro atoms. The van der Waals surface area contributed by atoms with Gasteiger partial charge in [-0.1, -0.05) is 30.3 Å². The summed E-state index contributed by atoms with van der Waals surface area (Å²) >= 11 is 0. The maximum atomic E-state index is 12.0. The van der Waals surface area contributed by atoms with Crippen LogP contribution in [0.2, 0.25) is 0 Å². The minimum atomic E-state index is 0.186. The van der Waals surface area contributed by atoms with Gasteiger partial charge in [-0.15, -0.1) is 0 Å². The van der Waals surface area contributed by atoms with E-state index in [1.54, 1.807) is 0 Å². The Morgan fingerprint density at radius 3 is 2.88 bits per heavy atom. The van der Waals surface area contributed by atoms with Gasteiger partial charge in [0, 0.05) is 6.54 Å². The second-order valence-corrected chi connectivity index (χ2v) is 5.53. The topological polar surface area (TPSA) is 20.3 Å². The molecule has 90 valence electrons. The quantitative estimate of drug-likeness (QED) is 0.730. The van der Waals surface area contributed by atoms with E-state index in [0.717, 1.165) is 19.4 Å². The molecule has 1 aromatic carbocycles. The van der Waals surface area contributed by atoms with E-state index in [9.17, 15) is 4.79 Å². The van der Waals surface area contributed by atoms with Gasteiger partial charge in [-0.2, -0.15) is 0 Å². The number of amides is 1. The van der Waals surface area contributed by atoms with Crippen LogP contribution in [0, 0.1) is 5.92 Å². The van der Waals surface area contributed by atoms with Crippen molar-refractivity contribution in [2.45, 2.75) is 38.1 Å². The summed E-state index contributed by atoms with van der Waals surface area (Å²) < 4.78 is 0. The fourth-order valence-electron chi connectivity index (χ4n) is 3.49. The zero-order valence-electron chi connectivity index (χ0n) is 10.4. The van der Waals surface area contributed by atoms with E-state index in [4.69, 9.17) is 0 Å². The Morgan fingerprint density at radius 2 is 2.12 bits per heavy atom. The zero-order chi connectivity index (χ0) is 11.9. The van der Waals surface area contributed by atoms with Crippen LogP contribution in [0.25, 0.3) is 0 Å². The van der Waals surface area contributed by atoms with Gasteiger partial charge < -0.3 is 4.90 Å². The molecule has 2 atom stereocenters. The number of hydrogen-bond donors (Lipinski definition) is 0. The van der Waals surface area contributed by atoms with Crippen LogP contribution in [0.1, 0.15) is 31.7 Å². The lowest BCUT2D eigenvalue weighted by atomic mass is 9.72. The molecule has 2 heteroatoms. The first-order chi connectivity index (χ1) is 8.22. The van der Waals surface area contributed by atoms with Crippen LogP contribution in [0.15, 0.2) is 30.3 Å². The molecule has 2 unspecified atom stereocenters. The normalized spacial score (nSPS) is 31.2. The second-order valence-electron chi connectivity index (χ2n) is 5.53. The molecule has 2 aliphatic rings. The summed E-state index contributed by atoms with van der Waals surface area (Å²) in [5.41, 5.74) is 1.53. The van der Waals surface area contributed by atoms with Crippen LogP contribution in [0.3, 0.4) is 0 Å². The molecule has 0 radical (unpaired) electrons. The molecule has 3 rings (SSSR count). The van der Waals surface area contributed by atoms with Crippen molar-refractivity contribution < 1.29 is 4.79 Å². The third-order valence-corrected chi connectivity index (χ3v) is 4.56. The summed E-state index contributed by atoms with van der Waals surface area (Å²) in [6.45, 7) is 3.24. The third-order valence-electron chi connectivity index (χ3n) is 4.56. The van der Waals surface area contributed by atoms with E-state index in [1.165, 1.54) is 18.4 Å². The van der Waals surface area contributed by atoms with Crippen LogP contribution >= 0.6 is 0 Å². The van der Waals surface area contributed by atoms with E-state index in [1.807, 2.05) is 6.07 Å². The molecule has 2 fully saturated rings. The molecule has 0 N–H and O–H groups in total. The Balaban J connectivity index is 1.65. The highest BCUT2D eigenvalue weighted by atomic mass is 16.2. The smallest absolute Gasteiger partial charge is 0.228 e. The summed E-state index contributed by atoms with van der Waals surface area (Å²) in [7, 11) is 0. The molecule has 17 heavy (non-hydrogen) atoms. The Bertz CT molecular complexity index is 428. The van der Waals surface area contributed by atoms with Crippen LogP contribution in [-0.2, 0) is 11.2 Å². The molecule has 2 aliphatic heterocycles. The predicted octanol–water partition coefficient (Wildman–Crippen LogP) is 2.63. The Kier molecular flexibility index (Phi) is 2.46. The number of aryl methyl sites for hydroxylation is 1.